The second-order valence-electron chi connectivity index (χ2n) is 6.77. The zero-order chi connectivity index (χ0) is 21.1. The number of aliphatic imine (C=N–C) groups is 1. The van der Waals surface area contributed by atoms with Crippen molar-refractivity contribution in [2.75, 3.05) is 0 Å². The summed E-state index contributed by atoms with van der Waals surface area (Å²) in [6, 6.07) is 20.3. The first-order chi connectivity index (χ1) is 14.5. The molecule has 0 bridgehead atoms. The third kappa shape index (κ3) is 4.56. The van der Waals surface area contributed by atoms with E-state index in [4.69, 9.17) is 32.7 Å². The molecule has 0 unspecified atom stereocenters. The summed E-state index contributed by atoms with van der Waals surface area (Å²) in [5.74, 6) is 0.314. The maximum absolute atomic E-state index is 12.2. The van der Waals surface area contributed by atoms with Crippen molar-refractivity contribution in [2.24, 2.45) is 4.99 Å². The van der Waals surface area contributed by atoms with Crippen molar-refractivity contribution in [1.82, 2.24) is 0 Å². The SMILES string of the molecule is Cc1ccc(C2=N/C(=C/c3ccc(OCc4ccccc4Cl)c(Cl)c3)C(=O)O2)cc1. The Morgan fingerprint density at radius 1 is 1.00 bits per heavy atom. The summed E-state index contributed by atoms with van der Waals surface area (Å²) in [7, 11) is 0. The Labute approximate surface area is 184 Å². The number of aryl methyl sites for hydroxylation is 1. The predicted molar refractivity (Wildman–Crippen MR) is 119 cm³/mol. The van der Waals surface area contributed by atoms with Gasteiger partial charge in [-0.1, -0.05) is 65.2 Å². The van der Waals surface area contributed by atoms with Crippen LogP contribution in [0.2, 0.25) is 10.0 Å². The van der Waals surface area contributed by atoms with Gasteiger partial charge in [-0.15, -0.1) is 0 Å². The van der Waals surface area contributed by atoms with E-state index < -0.39 is 5.97 Å². The number of hydrogen-bond donors (Lipinski definition) is 0. The fourth-order valence-electron chi connectivity index (χ4n) is 2.88. The maximum Gasteiger partial charge on any atom is 0.363 e. The van der Waals surface area contributed by atoms with Crippen LogP contribution in [0, 0.1) is 6.92 Å². The zero-order valence-electron chi connectivity index (χ0n) is 16.1. The van der Waals surface area contributed by atoms with Gasteiger partial charge in [0.15, 0.2) is 5.70 Å². The molecule has 0 radical (unpaired) electrons. The minimum absolute atomic E-state index is 0.214. The van der Waals surface area contributed by atoms with Crippen LogP contribution in [0.25, 0.3) is 6.08 Å². The normalized spacial score (nSPS) is 14.6. The number of esters is 1. The molecule has 1 aliphatic rings. The fraction of sp³-hybridized carbons (Fsp3) is 0.0833. The summed E-state index contributed by atoms with van der Waals surface area (Å²) < 4.78 is 11.1. The first-order valence-electron chi connectivity index (χ1n) is 9.25. The van der Waals surface area contributed by atoms with Crippen molar-refractivity contribution in [2.45, 2.75) is 13.5 Å². The number of halogens is 2. The zero-order valence-corrected chi connectivity index (χ0v) is 17.6. The Morgan fingerprint density at radius 2 is 1.77 bits per heavy atom. The molecule has 0 atom stereocenters. The van der Waals surface area contributed by atoms with E-state index >= 15 is 0 Å². The third-order valence-corrected chi connectivity index (χ3v) is 5.18. The van der Waals surface area contributed by atoms with Crippen molar-refractivity contribution in [3.8, 4) is 5.75 Å². The summed E-state index contributed by atoms with van der Waals surface area (Å²) >= 11 is 12.5. The first kappa shape index (κ1) is 20.2. The molecule has 150 valence electrons. The number of benzene rings is 3. The molecule has 4 rings (SSSR count). The lowest BCUT2D eigenvalue weighted by molar-refractivity contribution is -0.129. The maximum atomic E-state index is 12.2. The molecule has 1 heterocycles. The minimum Gasteiger partial charge on any atom is -0.487 e. The molecule has 3 aromatic rings. The highest BCUT2D eigenvalue weighted by molar-refractivity contribution is 6.32. The smallest absolute Gasteiger partial charge is 0.363 e. The molecule has 0 aliphatic carbocycles. The van der Waals surface area contributed by atoms with E-state index in [1.807, 2.05) is 55.5 Å². The van der Waals surface area contributed by atoms with Crippen LogP contribution in [0.5, 0.6) is 5.75 Å². The number of nitrogens with zero attached hydrogens (tertiary/aromatic N) is 1. The van der Waals surface area contributed by atoms with Crippen molar-refractivity contribution in [1.29, 1.82) is 0 Å². The number of carbonyl (C=O) groups is 1. The van der Waals surface area contributed by atoms with Crippen LogP contribution in [-0.4, -0.2) is 11.9 Å². The fourth-order valence-corrected chi connectivity index (χ4v) is 3.32. The average molecular weight is 438 g/mol. The van der Waals surface area contributed by atoms with Crippen LogP contribution in [0.1, 0.15) is 22.3 Å². The van der Waals surface area contributed by atoms with E-state index in [0.29, 0.717) is 28.0 Å². The summed E-state index contributed by atoms with van der Waals surface area (Å²) in [6.07, 6.45) is 1.63. The quantitative estimate of drug-likeness (QED) is 0.351. The van der Waals surface area contributed by atoms with E-state index in [2.05, 4.69) is 4.99 Å². The Morgan fingerprint density at radius 3 is 2.50 bits per heavy atom. The molecular weight excluding hydrogens is 421 g/mol. The second-order valence-corrected chi connectivity index (χ2v) is 7.59. The van der Waals surface area contributed by atoms with Crippen LogP contribution in [0.4, 0.5) is 0 Å². The summed E-state index contributed by atoms with van der Waals surface area (Å²) in [4.78, 5) is 16.5. The van der Waals surface area contributed by atoms with Gasteiger partial charge >= 0.3 is 5.97 Å². The van der Waals surface area contributed by atoms with Gasteiger partial charge in [-0.25, -0.2) is 9.79 Å². The lowest BCUT2D eigenvalue weighted by Crippen LogP contribution is -2.05. The van der Waals surface area contributed by atoms with Gasteiger partial charge in [0.2, 0.25) is 5.90 Å². The van der Waals surface area contributed by atoms with Crippen LogP contribution in [0.3, 0.4) is 0 Å². The topological polar surface area (TPSA) is 47.9 Å². The lowest BCUT2D eigenvalue weighted by Gasteiger charge is -2.09. The van der Waals surface area contributed by atoms with Crippen molar-refractivity contribution < 1.29 is 14.3 Å². The number of cyclic esters (lactones) is 1. The number of hydrogen-bond acceptors (Lipinski definition) is 4. The molecule has 0 saturated heterocycles. The molecule has 3 aromatic carbocycles. The summed E-state index contributed by atoms with van der Waals surface area (Å²) in [5.41, 5.74) is 3.66. The standard InChI is InChI=1S/C24H17Cl2NO3/c1-15-6-9-17(10-7-15)23-27-21(24(28)30-23)13-16-8-11-22(20(26)12-16)29-14-18-4-2-3-5-19(18)25/h2-13H,14H2,1H3/b21-13+. The Bertz CT molecular complexity index is 1170. The molecule has 30 heavy (non-hydrogen) atoms. The van der Waals surface area contributed by atoms with Gasteiger partial charge in [0.1, 0.15) is 12.4 Å². The highest BCUT2D eigenvalue weighted by Crippen LogP contribution is 2.29. The van der Waals surface area contributed by atoms with Gasteiger partial charge < -0.3 is 9.47 Å². The second kappa shape index (κ2) is 8.74. The Balaban J connectivity index is 1.51. The van der Waals surface area contributed by atoms with E-state index in [1.54, 1.807) is 24.3 Å². The molecule has 0 aromatic heterocycles. The molecular formula is C24H17Cl2NO3. The van der Waals surface area contributed by atoms with Crippen LogP contribution in [-0.2, 0) is 16.1 Å². The Hall–Kier alpha value is -3.08. The third-order valence-electron chi connectivity index (χ3n) is 4.52. The molecule has 0 fully saturated rings. The van der Waals surface area contributed by atoms with Crippen molar-refractivity contribution in [3.05, 3.63) is 105 Å². The summed E-state index contributed by atoms with van der Waals surface area (Å²) in [6.45, 7) is 2.29. The monoisotopic (exact) mass is 437 g/mol. The van der Waals surface area contributed by atoms with Gasteiger partial charge in [-0.2, -0.15) is 0 Å². The summed E-state index contributed by atoms with van der Waals surface area (Å²) in [5, 5.41) is 1.06. The van der Waals surface area contributed by atoms with Gasteiger partial charge in [0.25, 0.3) is 0 Å². The van der Waals surface area contributed by atoms with Gasteiger partial charge in [-0.3, -0.25) is 0 Å². The lowest BCUT2D eigenvalue weighted by atomic mass is 10.1. The molecule has 0 saturated carbocycles. The number of ether oxygens (including phenoxy) is 2. The van der Waals surface area contributed by atoms with Crippen LogP contribution < -0.4 is 4.74 Å². The minimum atomic E-state index is -0.499. The van der Waals surface area contributed by atoms with Gasteiger partial charge in [0.05, 0.1) is 5.02 Å². The van der Waals surface area contributed by atoms with Gasteiger partial charge in [0, 0.05) is 16.1 Å². The van der Waals surface area contributed by atoms with E-state index in [9.17, 15) is 4.79 Å². The van der Waals surface area contributed by atoms with Crippen molar-refractivity contribution in [3.63, 3.8) is 0 Å². The average Bonchev–Trinajstić information content (AvgIpc) is 3.09. The molecule has 6 heteroatoms. The number of carbonyl (C=O) groups excluding carboxylic acids is 1. The molecule has 0 amide bonds. The first-order valence-corrected chi connectivity index (χ1v) is 10.0. The van der Waals surface area contributed by atoms with Crippen LogP contribution in [0.15, 0.2) is 77.4 Å². The number of rotatable bonds is 5. The molecule has 4 nitrogen and oxygen atoms in total. The molecule has 1 aliphatic heterocycles. The largest absolute Gasteiger partial charge is 0.487 e. The molecule has 0 spiro atoms. The molecule has 0 N–H and O–H groups in total. The van der Waals surface area contributed by atoms with Gasteiger partial charge in [-0.05, 0) is 48.9 Å². The highest BCUT2D eigenvalue weighted by atomic mass is 35.5. The predicted octanol–water partition coefficient (Wildman–Crippen LogP) is 6.23. The van der Waals surface area contributed by atoms with Crippen molar-refractivity contribution >= 4 is 41.1 Å². The van der Waals surface area contributed by atoms with E-state index in [1.165, 1.54) is 0 Å². The highest BCUT2D eigenvalue weighted by Gasteiger charge is 2.24. The van der Waals surface area contributed by atoms with E-state index in [-0.39, 0.29) is 11.6 Å². The Kier molecular flexibility index (Phi) is 5.88. The van der Waals surface area contributed by atoms with E-state index in [0.717, 1.165) is 16.7 Å². The van der Waals surface area contributed by atoms with Crippen LogP contribution >= 0.6 is 23.2 Å².